The molecule has 12 nitrogen and oxygen atoms in total. The van der Waals surface area contributed by atoms with E-state index in [1.54, 1.807) is 0 Å². The minimum Gasteiger partial charge on any atom is -0.458 e. The lowest BCUT2D eigenvalue weighted by Gasteiger charge is -2.27. The topological polar surface area (TPSA) is 150 Å². The maximum absolute atomic E-state index is 13.3. The Balaban J connectivity index is 2.75. The first-order valence-electron chi connectivity index (χ1n) is 24.4. The average molecular weight is 869 g/mol. The van der Waals surface area contributed by atoms with Gasteiger partial charge in [0, 0.05) is 40.7 Å². The van der Waals surface area contributed by atoms with E-state index in [1.165, 1.54) is 137 Å². The van der Waals surface area contributed by atoms with Crippen LogP contribution in [0, 0.1) is 11.8 Å². The highest BCUT2D eigenvalue weighted by molar-refractivity contribution is 5.71. The van der Waals surface area contributed by atoms with E-state index in [2.05, 4.69) is 27.7 Å². The van der Waals surface area contributed by atoms with Gasteiger partial charge in [-0.15, -0.1) is 0 Å². The molecule has 1 rings (SSSR count). The average Bonchev–Trinajstić information content (AvgIpc) is 3.42. The minimum absolute atomic E-state index is 0.0460. The van der Waals surface area contributed by atoms with E-state index in [-0.39, 0.29) is 19.6 Å². The summed E-state index contributed by atoms with van der Waals surface area (Å²) in [4.78, 5) is 62.3. The normalized spacial score (nSPS) is 20.1. The zero-order valence-corrected chi connectivity index (χ0v) is 39.8. The second kappa shape index (κ2) is 35.7. The first kappa shape index (κ1) is 56.3. The molecule has 0 radical (unpaired) electrons. The van der Waals surface area contributed by atoms with Gasteiger partial charge in [0.2, 0.25) is 0 Å². The van der Waals surface area contributed by atoms with Crippen LogP contribution in [-0.2, 0) is 57.1 Å². The van der Waals surface area contributed by atoms with E-state index in [4.69, 9.17) is 33.2 Å². The van der Waals surface area contributed by atoms with Crippen molar-refractivity contribution >= 4 is 29.8 Å². The molecule has 12 heteroatoms. The molecule has 1 fully saturated rings. The van der Waals surface area contributed by atoms with Crippen LogP contribution in [0.5, 0.6) is 0 Å². The van der Waals surface area contributed by atoms with Crippen LogP contribution in [0.3, 0.4) is 0 Å². The molecule has 356 valence electrons. The van der Waals surface area contributed by atoms with Crippen molar-refractivity contribution in [1.29, 1.82) is 0 Å². The van der Waals surface area contributed by atoms with Crippen LogP contribution in [0.15, 0.2) is 0 Å². The molecule has 0 aromatic heterocycles. The molecule has 0 aliphatic heterocycles. The van der Waals surface area contributed by atoms with Crippen molar-refractivity contribution in [3.05, 3.63) is 0 Å². The van der Waals surface area contributed by atoms with Crippen LogP contribution in [0.1, 0.15) is 216 Å². The molecule has 0 aromatic carbocycles. The lowest BCUT2D eigenvalue weighted by molar-refractivity contribution is -0.181. The molecule has 61 heavy (non-hydrogen) atoms. The van der Waals surface area contributed by atoms with Gasteiger partial charge in [-0.2, -0.15) is 0 Å². The molecule has 0 N–H and O–H groups in total. The quantitative estimate of drug-likeness (QED) is 0.0330. The van der Waals surface area contributed by atoms with Crippen LogP contribution >= 0.6 is 0 Å². The lowest BCUT2D eigenvalue weighted by atomic mass is 9.96. The zero-order chi connectivity index (χ0) is 45.3. The summed E-state index contributed by atoms with van der Waals surface area (Å²) in [5.74, 6) is -1.66. The number of rotatable bonds is 38. The fraction of sp³-hybridized carbons (Fsp3) is 0.898. The molecule has 0 heterocycles. The van der Waals surface area contributed by atoms with Gasteiger partial charge in [-0.1, -0.05) is 169 Å². The van der Waals surface area contributed by atoms with E-state index >= 15 is 0 Å². The van der Waals surface area contributed by atoms with Crippen LogP contribution < -0.4 is 0 Å². The molecular weight excluding hydrogens is 781 g/mol. The summed E-state index contributed by atoms with van der Waals surface area (Å²) in [5.41, 5.74) is 0. The summed E-state index contributed by atoms with van der Waals surface area (Å²) in [5, 5.41) is 0. The van der Waals surface area contributed by atoms with E-state index < -0.39 is 66.5 Å². The summed E-state index contributed by atoms with van der Waals surface area (Å²) in [6.07, 6.45) is 21.3. The Hall–Kier alpha value is -2.73. The first-order valence-corrected chi connectivity index (χ1v) is 24.4. The maximum atomic E-state index is 13.3. The second-order valence-electron chi connectivity index (χ2n) is 17.8. The predicted octanol–water partition coefficient (Wildman–Crippen LogP) is 11.1. The standard InChI is InChI=1S/C49H88O12/c1-9-11-13-24-30-38(4)32-25-19-15-14-18-22-28-34-55-35-43(57-39(5)50)36-56-45-46(58-40(6)51)48(59-41(7)52)49(60-42(8)53)47(45)61-44(54)33-27-21-17-16-20-26-31-37(3)29-23-12-10-2/h37-38,43,45-49H,9-36H2,1-8H3/t37?,38?,43-,45+,46+,47+,48-,49-/m0/s1. The summed E-state index contributed by atoms with van der Waals surface area (Å²) >= 11 is 0. The van der Waals surface area contributed by atoms with Gasteiger partial charge < -0.3 is 33.2 Å². The maximum Gasteiger partial charge on any atom is 0.306 e. The molecule has 1 saturated carbocycles. The van der Waals surface area contributed by atoms with E-state index in [0.29, 0.717) is 13.0 Å². The molecule has 8 atom stereocenters. The Morgan fingerprint density at radius 2 is 0.803 bits per heavy atom. The second-order valence-corrected chi connectivity index (χ2v) is 17.8. The smallest absolute Gasteiger partial charge is 0.306 e. The molecule has 2 unspecified atom stereocenters. The Morgan fingerprint density at radius 3 is 1.26 bits per heavy atom. The Kier molecular flexibility index (Phi) is 32.9. The van der Waals surface area contributed by atoms with Crippen molar-refractivity contribution < 1.29 is 57.1 Å². The Labute approximate surface area is 370 Å². The highest BCUT2D eigenvalue weighted by Gasteiger charge is 2.59. The fourth-order valence-corrected chi connectivity index (χ4v) is 8.23. The van der Waals surface area contributed by atoms with Gasteiger partial charge in [0.05, 0.1) is 13.2 Å². The number of esters is 5. The van der Waals surface area contributed by atoms with Gasteiger partial charge in [-0.3, -0.25) is 24.0 Å². The van der Waals surface area contributed by atoms with Crippen LogP contribution in [0.25, 0.3) is 0 Å². The van der Waals surface area contributed by atoms with Crippen LogP contribution in [0.4, 0.5) is 0 Å². The number of ether oxygens (including phenoxy) is 7. The summed E-state index contributed by atoms with van der Waals surface area (Å²) in [6, 6.07) is 0. The number of hydrogen-bond donors (Lipinski definition) is 0. The fourth-order valence-electron chi connectivity index (χ4n) is 8.23. The van der Waals surface area contributed by atoms with Crippen molar-refractivity contribution in [3.63, 3.8) is 0 Å². The SMILES string of the molecule is CCCCCCC(C)CCCCCCCCCOC[C@@H](CO[C@@H]1[C@@H](OC(C)=O)[C@H](OC(C)=O)[C@@H](OC(C)=O)[C@@H]1OC(=O)CCCCCCCCC(C)CCCCC)OC(C)=O. The third-order valence-electron chi connectivity index (χ3n) is 11.6. The van der Waals surface area contributed by atoms with Gasteiger partial charge in [0.1, 0.15) is 12.2 Å². The Morgan fingerprint density at radius 1 is 0.426 bits per heavy atom. The van der Waals surface area contributed by atoms with E-state index in [9.17, 15) is 24.0 Å². The summed E-state index contributed by atoms with van der Waals surface area (Å²) < 4.78 is 40.3. The van der Waals surface area contributed by atoms with Crippen molar-refractivity contribution in [3.8, 4) is 0 Å². The van der Waals surface area contributed by atoms with Gasteiger partial charge >= 0.3 is 29.8 Å². The number of hydrogen-bond acceptors (Lipinski definition) is 12. The monoisotopic (exact) mass is 869 g/mol. The molecular formula is C49H88O12. The van der Waals surface area contributed by atoms with E-state index in [1.807, 2.05) is 0 Å². The van der Waals surface area contributed by atoms with Crippen molar-refractivity contribution in [2.24, 2.45) is 11.8 Å². The highest BCUT2D eigenvalue weighted by Crippen LogP contribution is 2.35. The van der Waals surface area contributed by atoms with Crippen LogP contribution in [0.2, 0.25) is 0 Å². The molecule has 0 amide bonds. The predicted molar refractivity (Wildman–Crippen MR) is 238 cm³/mol. The zero-order valence-electron chi connectivity index (χ0n) is 39.8. The summed E-state index contributed by atoms with van der Waals surface area (Å²) in [6.45, 7) is 14.3. The third-order valence-corrected chi connectivity index (χ3v) is 11.6. The number of carbonyl (C=O) groups excluding carboxylic acids is 5. The van der Waals surface area contributed by atoms with E-state index in [0.717, 1.165) is 50.4 Å². The molecule has 1 aliphatic carbocycles. The van der Waals surface area contributed by atoms with Crippen molar-refractivity contribution in [2.75, 3.05) is 19.8 Å². The van der Waals surface area contributed by atoms with Crippen LogP contribution in [-0.4, -0.2) is 86.3 Å². The molecule has 0 aromatic rings. The van der Waals surface area contributed by atoms with Gasteiger partial charge in [-0.25, -0.2) is 0 Å². The van der Waals surface area contributed by atoms with Gasteiger partial charge in [0.25, 0.3) is 0 Å². The molecule has 0 saturated heterocycles. The van der Waals surface area contributed by atoms with Gasteiger partial charge in [-0.05, 0) is 24.7 Å². The molecule has 0 spiro atoms. The van der Waals surface area contributed by atoms with Crippen molar-refractivity contribution in [2.45, 2.75) is 253 Å². The number of unbranched alkanes of at least 4 members (excludes halogenated alkanes) is 16. The first-order chi connectivity index (χ1) is 29.3. The largest absolute Gasteiger partial charge is 0.458 e. The minimum atomic E-state index is -1.32. The molecule has 0 bridgehead atoms. The Bertz CT molecular complexity index is 1180. The molecule has 1 aliphatic rings. The lowest BCUT2D eigenvalue weighted by Crippen LogP contribution is -2.43. The number of carbonyl (C=O) groups is 5. The highest BCUT2D eigenvalue weighted by atomic mass is 16.7. The van der Waals surface area contributed by atoms with Gasteiger partial charge in [0.15, 0.2) is 24.4 Å². The van der Waals surface area contributed by atoms with Crippen molar-refractivity contribution in [1.82, 2.24) is 0 Å². The summed E-state index contributed by atoms with van der Waals surface area (Å²) in [7, 11) is 0. The third kappa shape index (κ3) is 28.6.